The number of rotatable bonds is 8. The number of likely N-dealkylation sites (N-methyl/N-ethyl adjacent to an activating group) is 1. The molecule has 2 N–H and O–H groups in total. The van der Waals surface area contributed by atoms with Crippen LogP contribution in [0.2, 0.25) is 0 Å². The van der Waals surface area contributed by atoms with Gasteiger partial charge in [-0.1, -0.05) is 13.0 Å². The van der Waals surface area contributed by atoms with Crippen molar-refractivity contribution in [3.63, 3.8) is 0 Å². The molecule has 0 radical (unpaired) electrons. The van der Waals surface area contributed by atoms with E-state index in [1.165, 1.54) is 39.0 Å². The monoisotopic (exact) mass is 574 g/mol. The first-order valence-corrected chi connectivity index (χ1v) is 15.7. The Balaban J connectivity index is 1.28. The summed E-state index contributed by atoms with van der Waals surface area (Å²) in [5.74, 6) is 2.48. The van der Waals surface area contributed by atoms with Crippen molar-refractivity contribution in [1.29, 1.82) is 0 Å². The molecule has 3 aliphatic rings. The van der Waals surface area contributed by atoms with Crippen LogP contribution in [0.4, 0.5) is 17.3 Å². The van der Waals surface area contributed by atoms with E-state index in [9.17, 15) is 0 Å². The van der Waals surface area contributed by atoms with Crippen LogP contribution in [0, 0.1) is 0 Å². The molecule has 42 heavy (non-hydrogen) atoms. The Morgan fingerprint density at radius 3 is 2.40 bits per heavy atom. The standard InChI is InChI=1S/C32H46N8O2/c1-5-26-31(35-23-10-18-42-19-11-23)37-29-25(21-34-32(33-2)30(29)36-26)22-6-7-27(28(20-22)41-4)40-12-8-24(9-13-40)39-16-14-38(3)15-17-39/h6-7,20-21,23-24H,5,8-19H2,1-4H3,(H,33,34)(H,35,37). The van der Waals surface area contributed by atoms with Gasteiger partial charge in [0.05, 0.1) is 18.5 Å². The van der Waals surface area contributed by atoms with Crippen LogP contribution in [0.5, 0.6) is 5.75 Å². The van der Waals surface area contributed by atoms with Crippen LogP contribution >= 0.6 is 0 Å². The number of anilines is 3. The highest BCUT2D eigenvalue weighted by molar-refractivity contribution is 5.98. The number of pyridine rings is 1. The van der Waals surface area contributed by atoms with Gasteiger partial charge in [0.15, 0.2) is 5.82 Å². The van der Waals surface area contributed by atoms with Gasteiger partial charge in [-0.3, -0.25) is 4.90 Å². The van der Waals surface area contributed by atoms with E-state index in [4.69, 9.17) is 24.4 Å². The second-order valence-electron chi connectivity index (χ2n) is 11.8. The number of piperazine rings is 1. The zero-order chi connectivity index (χ0) is 29.1. The number of aromatic nitrogens is 3. The second kappa shape index (κ2) is 13.0. The number of aryl methyl sites for hydroxylation is 1. The zero-order valence-corrected chi connectivity index (χ0v) is 25.7. The largest absolute Gasteiger partial charge is 0.495 e. The molecule has 0 spiro atoms. The van der Waals surface area contributed by atoms with Gasteiger partial charge in [-0.25, -0.2) is 15.0 Å². The average Bonchev–Trinajstić information content (AvgIpc) is 3.04. The molecule has 6 rings (SSSR count). The quantitative estimate of drug-likeness (QED) is 0.410. The molecule has 0 saturated carbocycles. The minimum atomic E-state index is 0.338. The van der Waals surface area contributed by atoms with Crippen molar-refractivity contribution >= 4 is 28.4 Å². The number of hydrogen-bond acceptors (Lipinski definition) is 10. The van der Waals surface area contributed by atoms with Gasteiger partial charge in [0.1, 0.15) is 22.6 Å². The highest BCUT2D eigenvalue weighted by Crippen LogP contribution is 2.38. The summed E-state index contributed by atoms with van der Waals surface area (Å²) >= 11 is 0. The Morgan fingerprint density at radius 1 is 0.952 bits per heavy atom. The smallest absolute Gasteiger partial charge is 0.153 e. The molecule has 226 valence electrons. The van der Waals surface area contributed by atoms with Crippen LogP contribution < -0.4 is 20.3 Å². The predicted molar refractivity (Wildman–Crippen MR) is 170 cm³/mol. The summed E-state index contributed by atoms with van der Waals surface area (Å²) in [6.45, 7) is 10.5. The molecule has 10 nitrogen and oxygen atoms in total. The van der Waals surface area contributed by atoms with Gasteiger partial charge < -0.3 is 29.9 Å². The van der Waals surface area contributed by atoms with E-state index in [1.54, 1.807) is 7.11 Å². The van der Waals surface area contributed by atoms with Gasteiger partial charge in [-0.2, -0.15) is 0 Å². The third kappa shape index (κ3) is 5.98. The maximum atomic E-state index is 5.98. The van der Waals surface area contributed by atoms with Gasteiger partial charge in [0.2, 0.25) is 0 Å². The van der Waals surface area contributed by atoms with E-state index >= 15 is 0 Å². The Labute approximate surface area is 249 Å². The van der Waals surface area contributed by atoms with Crippen LogP contribution in [0.15, 0.2) is 24.4 Å². The van der Waals surface area contributed by atoms with Crippen molar-refractivity contribution in [3.05, 3.63) is 30.1 Å². The van der Waals surface area contributed by atoms with Crippen molar-refractivity contribution in [2.75, 3.05) is 89.2 Å². The lowest BCUT2D eigenvalue weighted by molar-refractivity contribution is 0.0903. The third-order valence-electron chi connectivity index (χ3n) is 9.25. The van der Waals surface area contributed by atoms with Gasteiger partial charge in [0.25, 0.3) is 0 Å². The fourth-order valence-electron chi connectivity index (χ4n) is 6.63. The molecular formula is C32H46N8O2. The molecule has 2 aromatic heterocycles. The summed E-state index contributed by atoms with van der Waals surface area (Å²) in [6.07, 6.45) is 7.01. The predicted octanol–water partition coefficient (Wildman–Crippen LogP) is 4.11. The number of hydrogen-bond donors (Lipinski definition) is 2. The maximum absolute atomic E-state index is 5.98. The molecule has 0 atom stereocenters. The zero-order valence-electron chi connectivity index (χ0n) is 25.7. The molecule has 0 amide bonds. The first-order valence-electron chi connectivity index (χ1n) is 15.7. The molecule has 1 aromatic carbocycles. The fraction of sp³-hybridized carbons (Fsp3) is 0.594. The number of piperidine rings is 1. The molecule has 5 heterocycles. The molecule has 3 aliphatic heterocycles. The van der Waals surface area contributed by atoms with Crippen LogP contribution in [-0.4, -0.2) is 111 Å². The Hall–Kier alpha value is -3.21. The minimum Gasteiger partial charge on any atom is -0.495 e. The topological polar surface area (TPSA) is 90.9 Å². The lowest BCUT2D eigenvalue weighted by Gasteiger charge is -2.42. The molecule has 10 heteroatoms. The summed E-state index contributed by atoms with van der Waals surface area (Å²) in [6, 6.07) is 7.54. The SMILES string of the molecule is CCc1nc2c(NC)ncc(-c3ccc(N4CCC(N5CCN(C)CC5)CC4)c(OC)c3)c2nc1NC1CCOCC1. The molecule has 0 bridgehead atoms. The molecule has 0 unspecified atom stereocenters. The minimum absolute atomic E-state index is 0.338. The Morgan fingerprint density at radius 2 is 1.71 bits per heavy atom. The third-order valence-corrected chi connectivity index (χ3v) is 9.25. The van der Waals surface area contributed by atoms with Crippen LogP contribution in [0.3, 0.4) is 0 Å². The van der Waals surface area contributed by atoms with Crippen molar-refractivity contribution < 1.29 is 9.47 Å². The van der Waals surface area contributed by atoms with E-state index < -0.39 is 0 Å². The molecule has 0 aliphatic carbocycles. The summed E-state index contributed by atoms with van der Waals surface area (Å²) in [4.78, 5) is 22.6. The van der Waals surface area contributed by atoms with Crippen molar-refractivity contribution in [2.45, 2.75) is 51.1 Å². The molecule has 3 saturated heterocycles. The number of ether oxygens (including phenoxy) is 2. The van der Waals surface area contributed by atoms with Gasteiger partial charge >= 0.3 is 0 Å². The van der Waals surface area contributed by atoms with E-state index in [1.807, 2.05) is 13.2 Å². The maximum Gasteiger partial charge on any atom is 0.153 e. The number of fused-ring (bicyclic) bond motifs is 1. The summed E-state index contributed by atoms with van der Waals surface area (Å²) in [5, 5.41) is 6.90. The Bertz CT molecular complexity index is 1360. The van der Waals surface area contributed by atoms with E-state index in [0.717, 1.165) is 96.5 Å². The van der Waals surface area contributed by atoms with E-state index in [0.29, 0.717) is 12.1 Å². The number of benzene rings is 1. The van der Waals surface area contributed by atoms with Crippen LogP contribution in [-0.2, 0) is 11.2 Å². The first kappa shape index (κ1) is 28.9. The van der Waals surface area contributed by atoms with Crippen molar-refractivity contribution in [1.82, 2.24) is 24.8 Å². The average molecular weight is 575 g/mol. The van der Waals surface area contributed by atoms with E-state index in [-0.39, 0.29) is 0 Å². The van der Waals surface area contributed by atoms with Gasteiger partial charge in [0, 0.05) is 83.4 Å². The number of nitrogens with zero attached hydrogens (tertiary/aromatic N) is 6. The van der Waals surface area contributed by atoms with Gasteiger partial charge in [-0.05, 0) is 56.8 Å². The lowest BCUT2D eigenvalue weighted by atomic mass is 10.00. The van der Waals surface area contributed by atoms with Crippen molar-refractivity contribution in [2.24, 2.45) is 0 Å². The number of nitrogens with one attached hydrogen (secondary N) is 2. The number of methoxy groups -OCH3 is 1. The molecule has 3 fully saturated rings. The highest BCUT2D eigenvalue weighted by atomic mass is 16.5. The normalized spacial score (nSPS) is 19.8. The molecule has 3 aromatic rings. The second-order valence-corrected chi connectivity index (χ2v) is 11.8. The van der Waals surface area contributed by atoms with Crippen molar-refractivity contribution in [3.8, 4) is 16.9 Å². The van der Waals surface area contributed by atoms with E-state index in [2.05, 4.69) is 57.5 Å². The summed E-state index contributed by atoms with van der Waals surface area (Å²) in [7, 11) is 5.87. The fourth-order valence-corrected chi connectivity index (χ4v) is 6.63. The Kier molecular flexibility index (Phi) is 8.92. The highest BCUT2D eigenvalue weighted by Gasteiger charge is 2.28. The van der Waals surface area contributed by atoms with Crippen LogP contribution in [0.1, 0.15) is 38.3 Å². The summed E-state index contributed by atoms with van der Waals surface area (Å²) in [5.41, 5.74) is 5.72. The van der Waals surface area contributed by atoms with Gasteiger partial charge in [-0.15, -0.1) is 0 Å². The van der Waals surface area contributed by atoms with Crippen LogP contribution in [0.25, 0.3) is 22.2 Å². The lowest BCUT2D eigenvalue weighted by Crippen LogP contribution is -2.52. The first-order chi connectivity index (χ1) is 20.6. The summed E-state index contributed by atoms with van der Waals surface area (Å²) < 4.78 is 11.6. The molecular weight excluding hydrogens is 528 g/mol.